The van der Waals surface area contributed by atoms with Gasteiger partial charge in [0.2, 0.25) is 0 Å². The Hall–Kier alpha value is -0.810. The number of ether oxygens (including phenoxy) is 1. The van der Waals surface area contributed by atoms with Crippen LogP contribution in [0.3, 0.4) is 0 Å². The van der Waals surface area contributed by atoms with E-state index < -0.39 is 5.60 Å². The number of rotatable bonds is 9. The molecule has 5 heteroatoms. The van der Waals surface area contributed by atoms with E-state index in [1.807, 2.05) is 20.8 Å². The van der Waals surface area contributed by atoms with E-state index in [4.69, 9.17) is 4.74 Å². The molecule has 1 atom stereocenters. The lowest BCUT2D eigenvalue weighted by molar-refractivity contribution is 0.0523. The lowest BCUT2D eigenvalue weighted by Crippen LogP contribution is -2.41. The molecule has 1 unspecified atom stereocenters. The van der Waals surface area contributed by atoms with E-state index in [1.165, 1.54) is 6.42 Å². The summed E-state index contributed by atoms with van der Waals surface area (Å²) >= 11 is 0. The summed E-state index contributed by atoms with van der Waals surface area (Å²) in [4.78, 5) is 13.9. The van der Waals surface area contributed by atoms with Crippen LogP contribution in [0.15, 0.2) is 0 Å². The van der Waals surface area contributed by atoms with Crippen molar-refractivity contribution < 1.29 is 9.53 Å². The molecule has 1 amide bonds. The zero-order valence-electron chi connectivity index (χ0n) is 15.0. The van der Waals surface area contributed by atoms with Gasteiger partial charge in [0.05, 0.1) is 0 Å². The molecule has 0 fully saturated rings. The Balaban J connectivity index is 3.59. The smallest absolute Gasteiger partial charge is 0.407 e. The first kappa shape index (κ1) is 20.2. The quantitative estimate of drug-likeness (QED) is 0.643. The first-order chi connectivity index (χ1) is 9.61. The summed E-state index contributed by atoms with van der Waals surface area (Å²) in [6, 6.07) is 0.857. The van der Waals surface area contributed by atoms with Gasteiger partial charge in [0, 0.05) is 18.6 Å². The molecule has 0 spiro atoms. The summed E-state index contributed by atoms with van der Waals surface area (Å²) in [5.41, 5.74) is -0.441. The van der Waals surface area contributed by atoms with Crippen molar-refractivity contribution in [1.82, 2.24) is 15.5 Å². The van der Waals surface area contributed by atoms with Crippen LogP contribution in [0, 0.1) is 0 Å². The van der Waals surface area contributed by atoms with E-state index in [1.54, 1.807) is 0 Å². The minimum atomic E-state index is -0.441. The van der Waals surface area contributed by atoms with Crippen LogP contribution in [-0.2, 0) is 4.74 Å². The summed E-state index contributed by atoms with van der Waals surface area (Å²) in [5, 5.41) is 6.20. The van der Waals surface area contributed by atoms with Gasteiger partial charge in [-0.3, -0.25) is 0 Å². The van der Waals surface area contributed by atoms with Crippen LogP contribution < -0.4 is 10.6 Å². The predicted molar refractivity (Wildman–Crippen MR) is 88.7 cm³/mol. The summed E-state index contributed by atoms with van der Waals surface area (Å²) in [6.45, 7) is 14.8. The number of unbranched alkanes of at least 4 members (excludes halogenated alkanes) is 1. The number of alkyl carbamates (subject to hydrolysis) is 1. The fourth-order valence-corrected chi connectivity index (χ4v) is 1.72. The van der Waals surface area contributed by atoms with Crippen LogP contribution >= 0.6 is 0 Å². The molecule has 0 heterocycles. The molecular formula is C16H35N3O2. The van der Waals surface area contributed by atoms with Gasteiger partial charge in [-0.1, -0.05) is 0 Å². The number of nitrogens with one attached hydrogen (secondary N) is 2. The normalized spacial score (nSPS) is 13.6. The van der Waals surface area contributed by atoms with Crippen LogP contribution in [0.5, 0.6) is 0 Å². The van der Waals surface area contributed by atoms with Crippen molar-refractivity contribution in [2.75, 3.05) is 26.7 Å². The summed E-state index contributed by atoms with van der Waals surface area (Å²) in [7, 11) is 2.16. The fraction of sp³-hybridized carbons (Fsp3) is 0.938. The van der Waals surface area contributed by atoms with Crippen molar-refractivity contribution in [2.24, 2.45) is 0 Å². The lowest BCUT2D eigenvalue weighted by Gasteiger charge is -2.22. The van der Waals surface area contributed by atoms with Gasteiger partial charge in [0.1, 0.15) is 5.60 Å². The molecule has 0 aromatic rings. The Morgan fingerprint density at radius 3 is 2.33 bits per heavy atom. The van der Waals surface area contributed by atoms with Crippen LogP contribution in [0.2, 0.25) is 0 Å². The van der Waals surface area contributed by atoms with Crippen molar-refractivity contribution in [3.05, 3.63) is 0 Å². The molecule has 0 radical (unpaired) electrons. The Labute approximate surface area is 130 Å². The van der Waals surface area contributed by atoms with Crippen LogP contribution in [0.1, 0.15) is 54.4 Å². The van der Waals surface area contributed by atoms with Gasteiger partial charge < -0.3 is 20.3 Å². The topological polar surface area (TPSA) is 53.6 Å². The van der Waals surface area contributed by atoms with E-state index in [9.17, 15) is 4.79 Å². The Morgan fingerprint density at radius 1 is 1.19 bits per heavy atom. The molecule has 0 saturated heterocycles. The van der Waals surface area contributed by atoms with Gasteiger partial charge >= 0.3 is 6.09 Å². The maximum Gasteiger partial charge on any atom is 0.407 e. The second kappa shape index (κ2) is 10.0. The average molecular weight is 301 g/mol. The number of hydrogen-bond donors (Lipinski definition) is 2. The molecule has 126 valence electrons. The Morgan fingerprint density at radius 2 is 1.81 bits per heavy atom. The predicted octanol–water partition coefficient (Wildman–Crippen LogP) is 2.61. The molecule has 0 bridgehead atoms. The van der Waals surface area contributed by atoms with E-state index in [0.717, 1.165) is 19.5 Å². The number of carbonyl (C=O) groups is 1. The lowest BCUT2D eigenvalue weighted by atomic mass is 10.2. The molecule has 0 saturated carbocycles. The maximum atomic E-state index is 11.5. The molecule has 0 aliphatic rings. The van der Waals surface area contributed by atoms with Gasteiger partial charge in [-0.05, 0) is 74.5 Å². The highest BCUT2D eigenvalue weighted by Gasteiger charge is 2.16. The zero-order valence-corrected chi connectivity index (χ0v) is 15.0. The highest BCUT2D eigenvalue weighted by molar-refractivity contribution is 5.67. The molecule has 21 heavy (non-hydrogen) atoms. The molecule has 2 N–H and O–H groups in total. The summed E-state index contributed by atoms with van der Waals surface area (Å²) in [5.74, 6) is 0. The zero-order chi connectivity index (χ0) is 16.5. The third kappa shape index (κ3) is 12.6. The molecule has 0 aliphatic carbocycles. The standard InChI is InChI=1S/C16H35N3O2/c1-13(2)19(7)11-9-8-10-17-14(3)12-18-15(20)21-16(4,5)6/h13-14,17H,8-12H2,1-7H3,(H,18,20). The Bertz CT molecular complexity index is 288. The van der Waals surface area contributed by atoms with Crippen LogP contribution in [0.25, 0.3) is 0 Å². The largest absolute Gasteiger partial charge is 0.444 e. The van der Waals surface area contributed by atoms with Crippen molar-refractivity contribution in [3.63, 3.8) is 0 Å². The minimum Gasteiger partial charge on any atom is -0.444 e. The number of hydrogen-bond acceptors (Lipinski definition) is 4. The second-order valence-corrected chi connectivity index (χ2v) is 7.02. The van der Waals surface area contributed by atoms with E-state index in [-0.39, 0.29) is 12.1 Å². The van der Waals surface area contributed by atoms with E-state index in [0.29, 0.717) is 12.6 Å². The van der Waals surface area contributed by atoms with Gasteiger partial charge in [0.15, 0.2) is 0 Å². The molecule has 0 rings (SSSR count). The third-order valence-corrected chi connectivity index (χ3v) is 3.26. The first-order valence-electron chi connectivity index (χ1n) is 8.02. The maximum absolute atomic E-state index is 11.5. The number of amides is 1. The summed E-state index contributed by atoms with van der Waals surface area (Å²) in [6.07, 6.45) is 1.98. The average Bonchev–Trinajstić information content (AvgIpc) is 2.33. The van der Waals surface area contributed by atoms with Gasteiger partial charge in [-0.15, -0.1) is 0 Å². The monoisotopic (exact) mass is 301 g/mol. The Kier molecular flexibility index (Phi) is 9.62. The fourth-order valence-electron chi connectivity index (χ4n) is 1.72. The first-order valence-corrected chi connectivity index (χ1v) is 8.02. The molecule has 0 aromatic heterocycles. The number of nitrogens with zero attached hydrogens (tertiary/aromatic N) is 1. The molecule has 5 nitrogen and oxygen atoms in total. The minimum absolute atomic E-state index is 0.250. The van der Waals surface area contributed by atoms with Gasteiger partial charge in [0.25, 0.3) is 0 Å². The number of carbonyl (C=O) groups excluding carboxylic acids is 1. The van der Waals surface area contributed by atoms with E-state index in [2.05, 4.69) is 43.4 Å². The van der Waals surface area contributed by atoms with E-state index >= 15 is 0 Å². The van der Waals surface area contributed by atoms with Crippen LogP contribution in [-0.4, -0.2) is 55.4 Å². The van der Waals surface area contributed by atoms with Crippen molar-refractivity contribution in [3.8, 4) is 0 Å². The van der Waals surface area contributed by atoms with Crippen molar-refractivity contribution in [1.29, 1.82) is 0 Å². The SMILES string of the molecule is CC(CNC(=O)OC(C)(C)C)NCCCCN(C)C(C)C. The van der Waals surface area contributed by atoms with Crippen molar-refractivity contribution in [2.45, 2.75) is 72.1 Å². The second-order valence-electron chi connectivity index (χ2n) is 7.02. The highest BCUT2D eigenvalue weighted by Crippen LogP contribution is 2.06. The van der Waals surface area contributed by atoms with Crippen molar-refractivity contribution >= 4 is 6.09 Å². The molecule has 0 aliphatic heterocycles. The van der Waals surface area contributed by atoms with Gasteiger partial charge in [-0.2, -0.15) is 0 Å². The van der Waals surface area contributed by atoms with Crippen LogP contribution in [0.4, 0.5) is 4.79 Å². The molecule has 0 aromatic carbocycles. The highest BCUT2D eigenvalue weighted by atomic mass is 16.6. The third-order valence-electron chi connectivity index (χ3n) is 3.26. The van der Waals surface area contributed by atoms with Gasteiger partial charge in [-0.25, -0.2) is 4.79 Å². The molecular weight excluding hydrogens is 266 g/mol. The summed E-state index contributed by atoms with van der Waals surface area (Å²) < 4.78 is 5.20.